The first-order chi connectivity index (χ1) is 13.2. The van der Waals surface area contributed by atoms with E-state index in [1.54, 1.807) is 6.20 Å². The first-order valence-electron chi connectivity index (χ1n) is 8.80. The SMILES string of the molecule is CC(Cc1nnc(SCC(=O)c2c[nH]c3ccccc23)o1)c1ccccc1. The number of para-hydroxylation sites is 1. The number of aromatic amines is 1. The number of ketones is 1. The van der Waals surface area contributed by atoms with Crippen LogP contribution in [-0.2, 0) is 6.42 Å². The third kappa shape index (κ3) is 3.95. The van der Waals surface area contributed by atoms with Gasteiger partial charge in [0.05, 0.1) is 5.75 Å². The van der Waals surface area contributed by atoms with Crippen LogP contribution in [0, 0.1) is 0 Å². The lowest BCUT2D eigenvalue weighted by molar-refractivity contribution is 0.102. The van der Waals surface area contributed by atoms with Crippen molar-refractivity contribution in [3.05, 3.63) is 77.8 Å². The fourth-order valence-corrected chi connectivity index (χ4v) is 3.71. The number of rotatable bonds is 7. The number of thioether (sulfide) groups is 1. The Morgan fingerprint density at radius 1 is 1.11 bits per heavy atom. The van der Waals surface area contributed by atoms with Crippen molar-refractivity contribution in [2.24, 2.45) is 0 Å². The van der Waals surface area contributed by atoms with Crippen molar-refractivity contribution in [3.63, 3.8) is 0 Å². The molecule has 0 saturated heterocycles. The molecule has 136 valence electrons. The fourth-order valence-electron chi connectivity index (χ4n) is 3.05. The van der Waals surface area contributed by atoms with Crippen molar-refractivity contribution in [2.45, 2.75) is 24.5 Å². The van der Waals surface area contributed by atoms with Gasteiger partial charge in [0.1, 0.15) is 0 Å². The quantitative estimate of drug-likeness (QED) is 0.367. The molecule has 2 aromatic carbocycles. The summed E-state index contributed by atoms with van der Waals surface area (Å²) >= 11 is 1.28. The second-order valence-corrected chi connectivity index (χ2v) is 7.36. The molecule has 1 unspecified atom stereocenters. The summed E-state index contributed by atoms with van der Waals surface area (Å²) in [6.07, 6.45) is 2.43. The highest BCUT2D eigenvalue weighted by Crippen LogP contribution is 2.24. The van der Waals surface area contributed by atoms with Gasteiger partial charge in [0.15, 0.2) is 5.78 Å². The highest BCUT2D eigenvalue weighted by molar-refractivity contribution is 7.99. The third-order valence-corrected chi connectivity index (χ3v) is 5.33. The molecular formula is C21H19N3O2S. The number of carbonyl (C=O) groups is 1. The molecule has 27 heavy (non-hydrogen) atoms. The fraction of sp³-hybridized carbons (Fsp3) is 0.190. The second kappa shape index (κ2) is 7.80. The zero-order valence-corrected chi connectivity index (χ0v) is 15.7. The summed E-state index contributed by atoms with van der Waals surface area (Å²) in [5, 5.41) is 9.55. The van der Waals surface area contributed by atoms with E-state index in [0.717, 1.165) is 10.9 Å². The number of hydrogen-bond donors (Lipinski definition) is 1. The summed E-state index contributed by atoms with van der Waals surface area (Å²) in [4.78, 5) is 15.7. The number of nitrogens with one attached hydrogen (secondary N) is 1. The monoisotopic (exact) mass is 377 g/mol. The molecule has 4 aromatic rings. The Kier molecular flexibility index (Phi) is 5.07. The number of carbonyl (C=O) groups excluding carboxylic acids is 1. The van der Waals surface area contributed by atoms with Gasteiger partial charge in [-0.05, 0) is 17.5 Å². The van der Waals surface area contributed by atoms with Crippen molar-refractivity contribution >= 4 is 28.4 Å². The lowest BCUT2D eigenvalue weighted by Gasteiger charge is -2.08. The molecule has 0 aliphatic heterocycles. The Hall–Kier alpha value is -2.86. The molecule has 6 heteroatoms. The Labute approximate surface area is 161 Å². The Bertz CT molecular complexity index is 1060. The average Bonchev–Trinajstić information content (AvgIpc) is 3.33. The van der Waals surface area contributed by atoms with Crippen molar-refractivity contribution in [1.29, 1.82) is 0 Å². The predicted octanol–water partition coefficient (Wildman–Crippen LogP) is 4.87. The number of benzene rings is 2. The van der Waals surface area contributed by atoms with Crippen LogP contribution in [0.25, 0.3) is 10.9 Å². The maximum atomic E-state index is 12.5. The van der Waals surface area contributed by atoms with Crippen LogP contribution < -0.4 is 0 Å². The molecule has 2 aromatic heterocycles. The number of hydrogen-bond acceptors (Lipinski definition) is 5. The standard InChI is InChI=1S/C21H19N3O2S/c1-14(15-7-3-2-4-8-15)11-20-23-24-21(26-20)27-13-19(25)17-12-22-18-10-6-5-9-16(17)18/h2-10,12,14,22H,11,13H2,1H3. The van der Waals surface area contributed by atoms with E-state index in [9.17, 15) is 4.79 Å². The first kappa shape index (κ1) is 17.5. The summed E-state index contributed by atoms with van der Waals surface area (Å²) in [7, 11) is 0. The molecule has 0 aliphatic rings. The number of Topliss-reactive ketones (excluding diaryl/α,β-unsaturated/α-hetero) is 1. The van der Waals surface area contributed by atoms with Gasteiger partial charge in [-0.3, -0.25) is 4.79 Å². The van der Waals surface area contributed by atoms with E-state index in [1.807, 2.05) is 42.5 Å². The highest BCUT2D eigenvalue weighted by Gasteiger charge is 2.16. The topological polar surface area (TPSA) is 71.8 Å². The largest absolute Gasteiger partial charge is 0.416 e. The molecule has 4 rings (SSSR count). The molecule has 1 N–H and O–H groups in total. The maximum Gasteiger partial charge on any atom is 0.277 e. The summed E-state index contributed by atoms with van der Waals surface area (Å²) in [6, 6.07) is 18.0. The normalized spacial score (nSPS) is 12.3. The minimum Gasteiger partial charge on any atom is -0.416 e. The van der Waals surface area contributed by atoms with Crippen molar-refractivity contribution in [1.82, 2.24) is 15.2 Å². The zero-order valence-electron chi connectivity index (χ0n) is 14.9. The third-order valence-electron chi connectivity index (χ3n) is 4.51. The highest BCUT2D eigenvalue weighted by atomic mass is 32.2. The lowest BCUT2D eigenvalue weighted by Crippen LogP contribution is -2.01. The van der Waals surface area contributed by atoms with E-state index in [0.29, 0.717) is 23.1 Å². The van der Waals surface area contributed by atoms with Gasteiger partial charge in [-0.25, -0.2) is 0 Å². The number of aromatic nitrogens is 3. The van der Waals surface area contributed by atoms with E-state index in [-0.39, 0.29) is 17.5 Å². The Morgan fingerprint density at radius 2 is 1.89 bits per heavy atom. The van der Waals surface area contributed by atoms with Crippen LogP contribution in [0.5, 0.6) is 0 Å². The molecular weight excluding hydrogens is 358 g/mol. The van der Waals surface area contributed by atoms with Crippen molar-refractivity contribution in [2.75, 3.05) is 5.75 Å². The molecule has 0 bridgehead atoms. The van der Waals surface area contributed by atoms with Gasteiger partial charge in [-0.2, -0.15) is 0 Å². The molecule has 2 heterocycles. The molecule has 0 fully saturated rings. The molecule has 0 radical (unpaired) electrons. The van der Waals surface area contributed by atoms with Gasteiger partial charge in [0, 0.05) is 29.1 Å². The molecule has 0 aliphatic carbocycles. The van der Waals surface area contributed by atoms with Gasteiger partial charge < -0.3 is 9.40 Å². The van der Waals surface area contributed by atoms with Gasteiger partial charge in [0.25, 0.3) is 5.22 Å². The summed E-state index contributed by atoms with van der Waals surface area (Å²) in [5.41, 5.74) is 2.88. The zero-order chi connectivity index (χ0) is 18.6. The van der Waals surface area contributed by atoms with Gasteiger partial charge >= 0.3 is 0 Å². The summed E-state index contributed by atoms with van der Waals surface area (Å²) < 4.78 is 5.71. The van der Waals surface area contributed by atoms with Crippen LogP contribution in [0.4, 0.5) is 0 Å². The van der Waals surface area contributed by atoms with Crippen LogP contribution in [0.1, 0.15) is 34.7 Å². The molecule has 5 nitrogen and oxygen atoms in total. The van der Waals surface area contributed by atoms with E-state index < -0.39 is 0 Å². The Morgan fingerprint density at radius 3 is 2.74 bits per heavy atom. The molecule has 1 atom stereocenters. The van der Waals surface area contributed by atoms with Crippen molar-refractivity contribution in [3.8, 4) is 0 Å². The van der Waals surface area contributed by atoms with E-state index in [1.165, 1.54) is 17.3 Å². The predicted molar refractivity (Wildman–Crippen MR) is 106 cm³/mol. The van der Waals surface area contributed by atoms with Crippen LogP contribution in [0.15, 0.2) is 70.4 Å². The molecule has 0 amide bonds. The molecule has 0 spiro atoms. The van der Waals surface area contributed by atoms with E-state index in [4.69, 9.17) is 4.42 Å². The smallest absolute Gasteiger partial charge is 0.277 e. The van der Waals surface area contributed by atoms with Crippen LogP contribution in [0.2, 0.25) is 0 Å². The average molecular weight is 377 g/mol. The van der Waals surface area contributed by atoms with Gasteiger partial charge in [-0.1, -0.05) is 67.2 Å². The van der Waals surface area contributed by atoms with E-state index >= 15 is 0 Å². The number of H-pyrrole nitrogens is 1. The van der Waals surface area contributed by atoms with Crippen molar-refractivity contribution < 1.29 is 9.21 Å². The lowest BCUT2D eigenvalue weighted by atomic mass is 9.98. The first-order valence-corrected chi connectivity index (χ1v) is 9.78. The van der Waals surface area contributed by atoms with Gasteiger partial charge in [0.2, 0.25) is 5.89 Å². The van der Waals surface area contributed by atoms with Gasteiger partial charge in [-0.15, -0.1) is 10.2 Å². The van der Waals surface area contributed by atoms with Crippen LogP contribution in [-0.4, -0.2) is 26.7 Å². The second-order valence-electron chi connectivity index (χ2n) is 6.44. The van der Waals surface area contributed by atoms with E-state index in [2.05, 4.69) is 34.2 Å². The summed E-state index contributed by atoms with van der Waals surface area (Å²) in [6.45, 7) is 2.13. The number of nitrogens with zero attached hydrogens (tertiary/aromatic N) is 2. The summed E-state index contributed by atoms with van der Waals surface area (Å²) in [5.74, 6) is 1.18. The minimum atomic E-state index is 0.0369. The number of fused-ring (bicyclic) bond motifs is 1. The maximum absolute atomic E-state index is 12.5. The van der Waals surface area contributed by atoms with Crippen LogP contribution >= 0.6 is 11.8 Å². The molecule has 0 saturated carbocycles. The van der Waals surface area contributed by atoms with Crippen LogP contribution in [0.3, 0.4) is 0 Å². The Balaban J connectivity index is 1.37. The minimum absolute atomic E-state index is 0.0369.